The normalized spacial score (nSPS) is 22.6. The molecule has 4 nitrogen and oxygen atoms in total. The van der Waals surface area contributed by atoms with Crippen LogP contribution >= 0.6 is 0 Å². The average Bonchev–Trinajstić information content (AvgIpc) is 3.07. The molecule has 0 radical (unpaired) electrons. The van der Waals surface area contributed by atoms with E-state index in [0.717, 1.165) is 17.5 Å². The molecule has 1 aromatic rings. The third kappa shape index (κ3) is 2.75. The fourth-order valence-electron chi connectivity index (χ4n) is 3.98. The van der Waals surface area contributed by atoms with Crippen LogP contribution in [0.2, 0.25) is 0 Å². The monoisotopic (exact) mass is 306 g/mol. The van der Waals surface area contributed by atoms with Gasteiger partial charge in [0.15, 0.2) is 0 Å². The third-order valence-corrected chi connectivity index (χ3v) is 5.18. The molecule has 22 heavy (non-hydrogen) atoms. The number of benzene rings is 1. The van der Waals surface area contributed by atoms with Gasteiger partial charge in [0.2, 0.25) is 0 Å². The molecule has 1 amide bonds. The van der Waals surface area contributed by atoms with Crippen molar-refractivity contribution in [3.8, 4) is 0 Å². The van der Waals surface area contributed by atoms with Crippen molar-refractivity contribution in [2.75, 3.05) is 0 Å². The van der Waals surface area contributed by atoms with Crippen LogP contribution in [0, 0.1) is 5.82 Å². The van der Waals surface area contributed by atoms with Gasteiger partial charge in [-0.1, -0.05) is 19.8 Å². The highest BCUT2D eigenvalue weighted by atomic mass is 19.1. The number of hydrogen-bond acceptors (Lipinski definition) is 3. The van der Waals surface area contributed by atoms with Crippen LogP contribution in [0.3, 0.4) is 0 Å². The molecule has 3 rings (SSSR count). The molecule has 1 atom stereocenters. The van der Waals surface area contributed by atoms with Gasteiger partial charge in [0, 0.05) is 24.2 Å². The van der Waals surface area contributed by atoms with E-state index in [1.54, 1.807) is 11.5 Å². The van der Waals surface area contributed by atoms with Crippen molar-refractivity contribution in [1.29, 1.82) is 0 Å². The summed E-state index contributed by atoms with van der Waals surface area (Å²) in [5, 5.41) is 8.76. The zero-order chi connectivity index (χ0) is 15.7. The highest BCUT2D eigenvalue weighted by molar-refractivity contribution is 5.93. The van der Waals surface area contributed by atoms with Crippen molar-refractivity contribution in [3.05, 3.63) is 34.6 Å². The van der Waals surface area contributed by atoms with Gasteiger partial charge < -0.3 is 0 Å². The number of fused-ring (bicyclic) bond motifs is 1. The van der Waals surface area contributed by atoms with Gasteiger partial charge in [-0.2, -0.15) is 0 Å². The van der Waals surface area contributed by atoms with Crippen LogP contribution < -0.4 is 5.48 Å². The lowest BCUT2D eigenvalue weighted by atomic mass is 9.89. The fraction of sp³-hybridized carbons (Fsp3) is 0.588. The van der Waals surface area contributed by atoms with Gasteiger partial charge in [0.05, 0.1) is 0 Å². The lowest BCUT2D eigenvalue weighted by Crippen LogP contribution is -2.45. The molecule has 0 spiro atoms. The van der Waals surface area contributed by atoms with Gasteiger partial charge in [0.1, 0.15) is 5.82 Å². The Balaban J connectivity index is 1.93. The van der Waals surface area contributed by atoms with Gasteiger partial charge in [-0.15, -0.1) is 0 Å². The number of nitrogens with one attached hydrogen (secondary N) is 1. The molecule has 1 fully saturated rings. The molecule has 2 N–H and O–H groups in total. The smallest absolute Gasteiger partial charge is 0.274 e. The number of carbonyl (C=O) groups is 1. The van der Waals surface area contributed by atoms with E-state index < -0.39 is 5.91 Å². The Morgan fingerprint density at radius 2 is 2.14 bits per heavy atom. The number of carbonyl (C=O) groups excluding carboxylic acids is 1. The maximum absolute atomic E-state index is 14.4. The van der Waals surface area contributed by atoms with E-state index in [4.69, 9.17) is 5.21 Å². The second-order valence-electron chi connectivity index (χ2n) is 6.41. The summed E-state index contributed by atoms with van der Waals surface area (Å²) < 4.78 is 14.4. The van der Waals surface area contributed by atoms with Crippen molar-refractivity contribution in [2.24, 2.45) is 0 Å². The molecule has 1 aromatic carbocycles. The van der Waals surface area contributed by atoms with E-state index >= 15 is 0 Å². The Morgan fingerprint density at radius 1 is 1.41 bits per heavy atom. The minimum Gasteiger partial charge on any atom is -0.293 e. The van der Waals surface area contributed by atoms with Crippen molar-refractivity contribution in [1.82, 2.24) is 10.4 Å². The first-order valence-electron chi connectivity index (χ1n) is 8.15. The molecule has 2 aliphatic rings. The lowest BCUT2D eigenvalue weighted by molar-refractivity contribution is 0.0704. The van der Waals surface area contributed by atoms with Crippen LogP contribution in [0.15, 0.2) is 12.1 Å². The summed E-state index contributed by atoms with van der Waals surface area (Å²) >= 11 is 0. The predicted octanol–water partition coefficient (Wildman–Crippen LogP) is 3.02. The summed E-state index contributed by atoms with van der Waals surface area (Å²) in [5.41, 5.74) is 3.38. The zero-order valence-corrected chi connectivity index (χ0v) is 12.9. The van der Waals surface area contributed by atoms with Crippen LogP contribution in [-0.2, 0) is 13.0 Å². The Morgan fingerprint density at radius 3 is 2.77 bits per heavy atom. The maximum atomic E-state index is 14.4. The summed E-state index contributed by atoms with van der Waals surface area (Å²) in [4.78, 5) is 14.1. The first-order valence-corrected chi connectivity index (χ1v) is 8.15. The Hall–Kier alpha value is -1.46. The predicted molar refractivity (Wildman–Crippen MR) is 81.2 cm³/mol. The topological polar surface area (TPSA) is 52.6 Å². The maximum Gasteiger partial charge on any atom is 0.274 e. The third-order valence-electron chi connectivity index (χ3n) is 5.18. The molecule has 120 valence electrons. The van der Waals surface area contributed by atoms with E-state index in [1.807, 2.05) is 0 Å². The van der Waals surface area contributed by atoms with Gasteiger partial charge in [-0.3, -0.25) is 14.9 Å². The van der Waals surface area contributed by atoms with E-state index in [-0.39, 0.29) is 11.4 Å². The molecule has 1 aliphatic heterocycles. The lowest BCUT2D eigenvalue weighted by Gasteiger charge is -2.40. The molecular weight excluding hydrogens is 283 g/mol. The fourth-order valence-corrected chi connectivity index (χ4v) is 3.98. The quantitative estimate of drug-likeness (QED) is 0.667. The summed E-state index contributed by atoms with van der Waals surface area (Å²) in [6.07, 6.45) is 6.68. The SMILES string of the molecule is CC[C@@H]1Cc2c(F)cc(C(=O)NO)cc2CN1C1CCCC1. The largest absolute Gasteiger partial charge is 0.293 e. The first-order chi connectivity index (χ1) is 10.6. The molecular formula is C17H23FN2O2. The number of amides is 1. The van der Waals surface area contributed by atoms with E-state index in [2.05, 4.69) is 11.8 Å². The summed E-state index contributed by atoms with van der Waals surface area (Å²) in [6.45, 7) is 2.85. The number of nitrogens with zero attached hydrogens (tertiary/aromatic N) is 1. The van der Waals surface area contributed by atoms with Crippen molar-refractivity contribution >= 4 is 5.91 Å². The van der Waals surface area contributed by atoms with Crippen LogP contribution in [0.5, 0.6) is 0 Å². The summed E-state index contributed by atoms with van der Waals surface area (Å²) in [6, 6.07) is 3.90. The van der Waals surface area contributed by atoms with Crippen molar-refractivity contribution in [2.45, 2.75) is 64.1 Å². The number of rotatable bonds is 3. The average molecular weight is 306 g/mol. The van der Waals surface area contributed by atoms with Gasteiger partial charge in [-0.25, -0.2) is 9.87 Å². The minimum atomic E-state index is -0.660. The molecule has 0 saturated heterocycles. The van der Waals surface area contributed by atoms with E-state index in [0.29, 0.717) is 25.0 Å². The van der Waals surface area contributed by atoms with Crippen molar-refractivity contribution in [3.63, 3.8) is 0 Å². The Labute approximate surface area is 130 Å². The second-order valence-corrected chi connectivity index (χ2v) is 6.41. The number of halogens is 1. The Bertz CT molecular complexity index is 570. The summed E-state index contributed by atoms with van der Waals surface area (Å²) in [7, 11) is 0. The first kappa shape index (κ1) is 15.4. The van der Waals surface area contributed by atoms with Crippen LogP contribution in [0.4, 0.5) is 4.39 Å². The molecule has 0 bridgehead atoms. The van der Waals surface area contributed by atoms with Gasteiger partial charge in [-0.05, 0) is 48.9 Å². The molecule has 5 heteroatoms. The zero-order valence-electron chi connectivity index (χ0n) is 12.9. The highest BCUT2D eigenvalue weighted by Crippen LogP contribution is 2.34. The molecule has 1 heterocycles. The van der Waals surface area contributed by atoms with Gasteiger partial charge >= 0.3 is 0 Å². The van der Waals surface area contributed by atoms with Crippen LogP contribution in [0.25, 0.3) is 0 Å². The van der Waals surface area contributed by atoms with Crippen LogP contribution in [0.1, 0.15) is 60.5 Å². The molecule has 0 aromatic heterocycles. The standard InChI is InChI=1S/C17H23FN2O2/c1-2-13-9-15-12(10-20(13)14-5-3-4-6-14)7-11(8-16(15)18)17(21)19-22/h7-8,13-14,22H,2-6,9-10H2,1H3,(H,19,21)/t13-/m1/s1. The molecule has 1 saturated carbocycles. The number of hydroxylamine groups is 1. The van der Waals surface area contributed by atoms with Crippen molar-refractivity contribution < 1.29 is 14.4 Å². The van der Waals surface area contributed by atoms with E-state index in [1.165, 1.54) is 31.7 Å². The van der Waals surface area contributed by atoms with Crippen LogP contribution in [-0.4, -0.2) is 28.1 Å². The van der Waals surface area contributed by atoms with E-state index in [9.17, 15) is 9.18 Å². The minimum absolute atomic E-state index is 0.181. The number of hydrogen-bond donors (Lipinski definition) is 2. The molecule has 0 unspecified atom stereocenters. The second kappa shape index (κ2) is 6.34. The Kier molecular flexibility index (Phi) is 4.45. The summed E-state index contributed by atoms with van der Waals surface area (Å²) in [5.74, 6) is -0.993. The van der Waals surface area contributed by atoms with Gasteiger partial charge in [0.25, 0.3) is 5.91 Å². The molecule has 1 aliphatic carbocycles. The highest BCUT2D eigenvalue weighted by Gasteiger charge is 2.33.